The van der Waals surface area contributed by atoms with E-state index in [1.807, 2.05) is 0 Å². The van der Waals surface area contributed by atoms with Crippen molar-refractivity contribution in [3.63, 3.8) is 0 Å². The van der Waals surface area contributed by atoms with Crippen molar-refractivity contribution in [2.24, 2.45) is 0 Å². The van der Waals surface area contributed by atoms with Crippen LogP contribution in [-0.4, -0.2) is 45.4 Å². The molecule has 0 radical (unpaired) electrons. The highest BCUT2D eigenvalue weighted by atomic mass is 16.3. The zero-order chi connectivity index (χ0) is 20.5. The quantitative estimate of drug-likeness (QED) is 0.559. The summed E-state index contributed by atoms with van der Waals surface area (Å²) in [6.45, 7) is 1.02. The van der Waals surface area contributed by atoms with Crippen molar-refractivity contribution in [2.45, 2.75) is 50.7 Å². The van der Waals surface area contributed by atoms with Crippen LogP contribution < -0.4 is 0 Å². The molecule has 1 aliphatic heterocycles. The Morgan fingerprint density at radius 2 is 1.70 bits per heavy atom. The lowest BCUT2D eigenvalue weighted by molar-refractivity contribution is -0.0481. The first-order valence-electron chi connectivity index (χ1n) is 11.1. The molecule has 3 N–H and O–H groups in total. The minimum absolute atomic E-state index is 0.146. The summed E-state index contributed by atoms with van der Waals surface area (Å²) >= 11 is 0. The fourth-order valence-electron chi connectivity index (χ4n) is 5.02. The summed E-state index contributed by atoms with van der Waals surface area (Å²) in [4.78, 5) is 5.70. The Kier molecular flexibility index (Phi) is 5.47. The molecular weight excluding hydrogens is 372 g/mol. The first-order chi connectivity index (χ1) is 14.7. The van der Waals surface area contributed by atoms with Gasteiger partial charge in [-0.05, 0) is 78.6 Å². The van der Waals surface area contributed by atoms with Crippen LogP contribution in [0.15, 0.2) is 54.6 Å². The number of benzene rings is 2. The van der Waals surface area contributed by atoms with Gasteiger partial charge in [0, 0.05) is 35.2 Å². The molecule has 3 aromatic rings. The monoisotopic (exact) mass is 402 g/mol. The minimum atomic E-state index is 0.146. The van der Waals surface area contributed by atoms with Gasteiger partial charge in [-0.2, -0.15) is 0 Å². The van der Waals surface area contributed by atoms with Crippen molar-refractivity contribution in [1.82, 2.24) is 9.88 Å². The second-order valence-corrected chi connectivity index (χ2v) is 8.73. The molecule has 30 heavy (non-hydrogen) atoms. The third-order valence-electron chi connectivity index (χ3n) is 6.79. The van der Waals surface area contributed by atoms with E-state index in [2.05, 4.69) is 64.5 Å². The van der Waals surface area contributed by atoms with Crippen molar-refractivity contribution in [3.05, 3.63) is 65.9 Å². The van der Waals surface area contributed by atoms with E-state index in [0.29, 0.717) is 0 Å². The molecule has 1 saturated heterocycles. The highest BCUT2D eigenvalue weighted by molar-refractivity contribution is 5.86. The van der Waals surface area contributed by atoms with Gasteiger partial charge in [-0.3, -0.25) is 4.90 Å². The van der Waals surface area contributed by atoms with Gasteiger partial charge < -0.3 is 15.2 Å². The highest BCUT2D eigenvalue weighted by Gasteiger charge is 2.37. The smallest absolute Gasteiger partial charge is 0.0587 e. The number of nitrogens with one attached hydrogen (secondary N) is 1. The SMILES string of the molecule is OCC1C[C@H](CO)N1Cc1cc2cc(-c3cccc(C4=CCCCC4)c3)ccc2[nH]1. The molecule has 1 aromatic heterocycles. The number of nitrogens with zero attached hydrogens (tertiary/aromatic N) is 1. The summed E-state index contributed by atoms with van der Waals surface area (Å²) in [6, 6.07) is 18.0. The molecule has 2 heterocycles. The topological polar surface area (TPSA) is 59.5 Å². The summed E-state index contributed by atoms with van der Waals surface area (Å²) in [6.07, 6.45) is 8.25. The Morgan fingerprint density at radius 1 is 0.900 bits per heavy atom. The molecule has 2 aliphatic rings. The normalized spacial score (nSPS) is 22.1. The van der Waals surface area contributed by atoms with Crippen LogP contribution in [0, 0.1) is 0 Å². The predicted molar refractivity (Wildman–Crippen MR) is 122 cm³/mol. The van der Waals surface area contributed by atoms with Crippen molar-refractivity contribution < 1.29 is 10.2 Å². The van der Waals surface area contributed by atoms with Crippen LogP contribution in [-0.2, 0) is 6.54 Å². The number of hydrogen-bond donors (Lipinski definition) is 3. The predicted octanol–water partition coefficient (Wildman–Crippen LogP) is 4.72. The Balaban J connectivity index is 1.40. The molecular formula is C26H30N2O2. The number of aromatic nitrogens is 1. The number of aromatic amines is 1. The number of fused-ring (bicyclic) bond motifs is 1. The van der Waals surface area contributed by atoms with E-state index in [4.69, 9.17) is 0 Å². The van der Waals surface area contributed by atoms with Crippen molar-refractivity contribution in [1.29, 1.82) is 0 Å². The lowest BCUT2D eigenvalue weighted by atomic mass is 9.91. The van der Waals surface area contributed by atoms with Gasteiger partial charge in [-0.1, -0.05) is 30.3 Å². The fourth-order valence-corrected chi connectivity index (χ4v) is 5.02. The lowest BCUT2D eigenvalue weighted by Gasteiger charge is -2.47. The summed E-state index contributed by atoms with van der Waals surface area (Å²) < 4.78 is 0. The maximum absolute atomic E-state index is 9.53. The number of allylic oxidation sites excluding steroid dienone is 2. The van der Waals surface area contributed by atoms with Crippen LogP contribution in [0.1, 0.15) is 43.4 Å². The standard InChI is InChI=1S/C26H30N2O2/c29-16-24-14-25(17-30)28(24)15-23-13-22-12-21(9-10-26(22)27-23)20-8-4-7-19(11-20)18-5-2-1-3-6-18/h4-5,7-13,24-25,27,29-30H,1-3,6,14-17H2/t24-,25?/m1/s1. The second-order valence-electron chi connectivity index (χ2n) is 8.73. The Labute approximate surface area is 177 Å². The van der Waals surface area contributed by atoms with E-state index < -0.39 is 0 Å². The van der Waals surface area contributed by atoms with Crippen molar-refractivity contribution in [3.8, 4) is 11.1 Å². The molecule has 1 aliphatic carbocycles. The third kappa shape index (κ3) is 3.71. The molecule has 0 amide bonds. The molecule has 0 spiro atoms. The molecule has 1 unspecified atom stereocenters. The fraction of sp³-hybridized carbons (Fsp3) is 0.385. The van der Waals surface area contributed by atoms with Gasteiger partial charge in [0.15, 0.2) is 0 Å². The number of H-pyrrole nitrogens is 1. The number of likely N-dealkylation sites (tertiary alicyclic amines) is 1. The highest BCUT2D eigenvalue weighted by Crippen LogP contribution is 2.32. The molecule has 0 saturated carbocycles. The summed E-state index contributed by atoms with van der Waals surface area (Å²) in [7, 11) is 0. The van der Waals surface area contributed by atoms with Crippen LogP contribution in [0.4, 0.5) is 0 Å². The van der Waals surface area contributed by atoms with Crippen LogP contribution in [0.25, 0.3) is 27.6 Å². The van der Waals surface area contributed by atoms with E-state index in [0.717, 1.165) is 24.2 Å². The molecule has 2 atom stereocenters. The molecule has 4 heteroatoms. The third-order valence-corrected chi connectivity index (χ3v) is 6.79. The van der Waals surface area contributed by atoms with Crippen LogP contribution >= 0.6 is 0 Å². The van der Waals surface area contributed by atoms with Crippen LogP contribution in [0.2, 0.25) is 0 Å². The average molecular weight is 403 g/mol. The lowest BCUT2D eigenvalue weighted by Crippen LogP contribution is -2.58. The number of rotatable bonds is 6. The molecule has 2 aromatic carbocycles. The van der Waals surface area contributed by atoms with Crippen molar-refractivity contribution in [2.75, 3.05) is 13.2 Å². The van der Waals surface area contributed by atoms with Gasteiger partial charge >= 0.3 is 0 Å². The average Bonchev–Trinajstić information content (AvgIpc) is 3.20. The zero-order valence-corrected chi connectivity index (χ0v) is 17.3. The van der Waals surface area contributed by atoms with E-state index >= 15 is 0 Å². The zero-order valence-electron chi connectivity index (χ0n) is 17.3. The molecule has 156 valence electrons. The summed E-state index contributed by atoms with van der Waals surface area (Å²) in [5.74, 6) is 0. The van der Waals surface area contributed by atoms with Gasteiger partial charge in [0.2, 0.25) is 0 Å². The van der Waals surface area contributed by atoms with Gasteiger partial charge in [-0.15, -0.1) is 0 Å². The van der Waals surface area contributed by atoms with Gasteiger partial charge in [0.1, 0.15) is 0 Å². The number of aliphatic hydroxyl groups excluding tert-OH is 2. The van der Waals surface area contributed by atoms with E-state index in [1.54, 1.807) is 0 Å². The van der Waals surface area contributed by atoms with E-state index in [1.165, 1.54) is 53.3 Å². The van der Waals surface area contributed by atoms with Crippen LogP contribution in [0.5, 0.6) is 0 Å². The van der Waals surface area contributed by atoms with Gasteiger partial charge in [0.25, 0.3) is 0 Å². The molecule has 1 fully saturated rings. The minimum Gasteiger partial charge on any atom is -0.395 e. The summed E-state index contributed by atoms with van der Waals surface area (Å²) in [5.41, 5.74) is 7.58. The van der Waals surface area contributed by atoms with Gasteiger partial charge in [0.05, 0.1) is 13.2 Å². The Bertz CT molecular complexity index is 1060. The van der Waals surface area contributed by atoms with E-state index in [-0.39, 0.29) is 25.3 Å². The largest absolute Gasteiger partial charge is 0.395 e. The maximum atomic E-state index is 9.53. The van der Waals surface area contributed by atoms with Gasteiger partial charge in [-0.25, -0.2) is 0 Å². The second kappa shape index (κ2) is 8.38. The van der Waals surface area contributed by atoms with Crippen LogP contribution in [0.3, 0.4) is 0 Å². The first kappa shape index (κ1) is 19.6. The van der Waals surface area contributed by atoms with E-state index in [9.17, 15) is 10.2 Å². The Morgan fingerprint density at radius 3 is 2.47 bits per heavy atom. The first-order valence-corrected chi connectivity index (χ1v) is 11.1. The Hall–Kier alpha value is -2.40. The molecule has 4 nitrogen and oxygen atoms in total. The maximum Gasteiger partial charge on any atom is 0.0587 e. The molecule has 5 rings (SSSR count). The van der Waals surface area contributed by atoms with Crippen molar-refractivity contribution >= 4 is 16.5 Å². The molecule has 0 bridgehead atoms. The summed E-state index contributed by atoms with van der Waals surface area (Å²) in [5, 5.41) is 20.3. The number of aliphatic hydroxyl groups is 2. The number of hydrogen-bond acceptors (Lipinski definition) is 3.